The molecule has 0 radical (unpaired) electrons. The van der Waals surface area contributed by atoms with E-state index in [1.807, 2.05) is 6.20 Å². The molecule has 0 fully saturated rings. The summed E-state index contributed by atoms with van der Waals surface area (Å²) >= 11 is 0. The van der Waals surface area contributed by atoms with Crippen LogP contribution in [0.3, 0.4) is 0 Å². The number of aromatic nitrogens is 2. The molecule has 1 aromatic rings. The van der Waals surface area contributed by atoms with Gasteiger partial charge < -0.3 is 4.90 Å². The first-order valence-electron chi connectivity index (χ1n) is 6.33. The summed E-state index contributed by atoms with van der Waals surface area (Å²) in [5.74, 6) is 2.07. The lowest BCUT2D eigenvalue weighted by atomic mass is 9.95. The van der Waals surface area contributed by atoms with Crippen molar-refractivity contribution in [2.75, 3.05) is 11.4 Å². The molecule has 3 heteroatoms. The zero-order chi connectivity index (χ0) is 12.8. The van der Waals surface area contributed by atoms with E-state index < -0.39 is 0 Å². The fraction of sp³-hybridized carbons (Fsp3) is 0.714. The molecule has 0 aromatic carbocycles. The van der Waals surface area contributed by atoms with Gasteiger partial charge in [-0.15, -0.1) is 0 Å². The molecule has 0 aliphatic carbocycles. The Balaban J connectivity index is 2.45. The van der Waals surface area contributed by atoms with Crippen molar-refractivity contribution in [1.82, 2.24) is 9.97 Å². The zero-order valence-corrected chi connectivity index (χ0v) is 11.8. The molecule has 1 aromatic heterocycles. The number of hydrogen-bond acceptors (Lipinski definition) is 3. The lowest BCUT2D eigenvalue weighted by molar-refractivity contribution is 0.506. The number of rotatable bonds is 0. The molecule has 0 unspecified atom stereocenters. The third-order valence-electron chi connectivity index (χ3n) is 3.18. The highest BCUT2D eigenvalue weighted by Gasteiger charge is 2.31. The predicted molar refractivity (Wildman–Crippen MR) is 71.5 cm³/mol. The highest BCUT2D eigenvalue weighted by Crippen LogP contribution is 2.32. The topological polar surface area (TPSA) is 29.0 Å². The van der Waals surface area contributed by atoms with Crippen LogP contribution in [0.4, 0.5) is 5.82 Å². The molecule has 1 aliphatic heterocycles. The molecule has 94 valence electrons. The number of anilines is 1. The largest absolute Gasteiger partial charge is 0.351 e. The van der Waals surface area contributed by atoms with E-state index in [1.165, 1.54) is 5.56 Å². The molecule has 0 spiro atoms. The Bertz CT molecular complexity index is 424. The van der Waals surface area contributed by atoms with Gasteiger partial charge in [0.2, 0.25) is 0 Å². The van der Waals surface area contributed by atoms with Crippen molar-refractivity contribution in [2.45, 2.75) is 58.9 Å². The van der Waals surface area contributed by atoms with Crippen LogP contribution >= 0.6 is 0 Å². The molecule has 0 N–H and O–H groups in total. The summed E-state index contributed by atoms with van der Waals surface area (Å²) in [6.07, 6.45) is 3.08. The molecule has 3 nitrogen and oxygen atoms in total. The monoisotopic (exact) mass is 233 g/mol. The maximum atomic E-state index is 4.79. The van der Waals surface area contributed by atoms with Crippen LogP contribution in [0.1, 0.15) is 52.9 Å². The van der Waals surface area contributed by atoms with Crippen LogP contribution in [0.15, 0.2) is 6.20 Å². The highest BCUT2D eigenvalue weighted by molar-refractivity contribution is 5.53. The Morgan fingerprint density at radius 2 is 1.76 bits per heavy atom. The Hall–Kier alpha value is -1.12. The van der Waals surface area contributed by atoms with Gasteiger partial charge in [0.05, 0.1) is 0 Å². The molecule has 0 saturated heterocycles. The van der Waals surface area contributed by atoms with E-state index >= 15 is 0 Å². The van der Waals surface area contributed by atoms with E-state index in [9.17, 15) is 0 Å². The van der Waals surface area contributed by atoms with Crippen molar-refractivity contribution in [1.29, 1.82) is 0 Å². The molecule has 2 heterocycles. The summed E-state index contributed by atoms with van der Waals surface area (Å²) < 4.78 is 0. The number of fused-ring (bicyclic) bond motifs is 1. The second-order valence-corrected chi connectivity index (χ2v) is 6.86. The summed E-state index contributed by atoms with van der Waals surface area (Å²) in [6, 6.07) is 0. The molecular weight excluding hydrogens is 210 g/mol. The minimum absolute atomic E-state index is 0.0151. The van der Waals surface area contributed by atoms with Crippen LogP contribution in [0.25, 0.3) is 0 Å². The minimum atomic E-state index is 0.0151. The summed E-state index contributed by atoms with van der Waals surface area (Å²) in [7, 11) is 0. The van der Waals surface area contributed by atoms with Gasteiger partial charge in [0, 0.05) is 29.3 Å². The van der Waals surface area contributed by atoms with E-state index in [2.05, 4.69) is 51.4 Å². The van der Waals surface area contributed by atoms with Crippen LogP contribution in [-0.2, 0) is 11.8 Å². The second kappa shape index (κ2) is 3.69. The van der Waals surface area contributed by atoms with Gasteiger partial charge in [0.1, 0.15) is 11.6 Å². The Morgan fingerprint density at radius 3 is 2.29 bits per heavy atom. The van der Waals surface area contributed by atoms with E-state index in [1.54, 1.807) is 0 Å². The molecule has 17 heavy (non-hydrogen) atoms. The predicted octanol–water partition coefficient (Wildman–Crippen LogP) is 2.94. The fourth-order valence-corrected chi connectivity index (χ4v) is 2.16. The van der Waals surface area contributed by atoms with Gasteiger partial charge in [-0.1, -0.05) is 20.8 Å². The van der Waals surface area contributed by atoms with Gasteiger partial charge in [-0.3, -0.25) is 0 Å². The normalized spacial score (nSPS) is 16.2. The lowest BCUT2D eigenvalue weighted by Crippen LogP contribution is -2.40. The first kappa shape index (κ1) is 12.3. The Kier molecular flexibility index (Phi) is 2.68. The van der Waals surface area contributed by atoms with Crippen molar-refractivity contribution >= 4 is 5.82 Å². The quantitative estimate of drug-likeness (QED) is 0.690. The molecule has 0 saturated carbocycles. The van der Waals surface area contributed by atoms with Crippen LogP contribution in [0, 0.1) is 0 Å². The second-order valence-electron chi connectivity index (χ2n) is 6.86. The van der Waals surface area contributed by atoms with Crippen molar-refractivity contribution in [3.63, 3.8) is 0 Å². The van der Waals surface area contributed by atoms with Crippen LogP contribution in [0.2, 0.25) is 0 Å². The minimum Gasteiger partial charge on any atom is -0.351 e. The Morgan fingerprint density at radius 1 is 1.12 bits per heavy atom. The average molecular weight is 233 g/mol. The number of nitrogens with zero attached hydrogens (tertiary/aromatic N) is 3. The van der Waals surface area contributed by atoms with Gasteiger partial charge in [-0.2, -0.15) is 0 Å². The van der Waals surface area contributed by atoms with E-state index in [0.29, 0.717) is 0 Å². The SMILES string of the molecule is CC(C)(C)c1ncc2c(n1)N(C(C)(C)C)CC2. The molecule has 1 aliphatic rings. The molecule has 0 atom stereocenters. The van der Waals surface area contributed by atoms with Gasteiger partial charge in [-0.05, 0) is 27.2 Å². The maximum absolute atomic E-state index is 4.79. The third-order valence-corrected chi connectivity index (χ3v) is 3.18. The summed E-state index contributed by atoms with van der Waals surface area (Å²) in [5.41, 5.74) is 1.43. The van der Waals surface area contributed by atoms with E-state index in [-0.39, 0.29) is 11.0 Å². The van der Waals surface area contributed by atoms with E-state index in [4.69, 9.17) is 4.98 Å². The highest BCUT2D eigenvalue weighted by atomic mass is 15.3. The van der Waals surface area contributed by atoms with Crippen molar-refractivity contribution < 1.29 is 0 Å². The van der Waals surface area contributed by atoms with Gasteiger partial charge in [-0.25, -0.2) is 9.97 Å². The molecule has 0 bridgehead atoms. The third kappa shape index (κ3) is 2.28. The Labute approximate surface area is 104 Å². The molecular formula is C14H23N3. The molecule has 0 amide bonds. The summed E-state index contributed by atoms with van der Waals surface area (Å²) in [6.45, 7) is 14.2. The smallest absolute Gasteiger partial charge is 0.136 e. The van der Waals surface area contributed by atoms with Crippen molar-refractivity contribution in [2.24, 2.45) is 0 Å². The van der Waals surface area contributed by atoms with Crippen LogP contribution < -0.4 is 4.90 Å². The zero-order valence-electron chi connectivity index (χ0n) is 11.8. The van der Waals surface area contributed by atoms with Gasteiger partial charge in [0.25, 0.3) is 0 Å². The summed E-state index contributed by atoms with van der Waals surface area (Å²) in [4.78, 5) is 11.7. The fourth-order valence-electron chi connectivity index (χ4n) is 2.16. The lowest BCUT2D eigenvalue weighted by Gasteiger charge is -2.34. The summed E-state index contributed by atoms with van der Waals surface area (Å²) in [5, 5.41) is 0. The molecule has 2 rings (SSSR count). The maximum Gasteiger partial charge on any atom is 0.136 e. The number of hydrogen-bond donors (Lipinski definition) is 0. The van der Waals surface area contributed by atoms with Crippen molar-refractivity contribution in [3.8, 4) is 0 Å². The van der Waals surface area contributed by atoms with Crippen LogP contribution in [-0.4, -0.2) is 22.1 Å². The first-order valence-corrected chi connectivity index (χ1v) is 6.33. The average Bonchev–Trinajstić information content (AvgIpc) is 2.57. The van der Waals surface area contributed by atoms with E-state index in [0.717, 1.165) is 24.6 Å². The standard InChI is InChI=1S/C14H23N3/c1-13(2,3)12-15-9-10-7-8-17(11(10)16-12)14(4,5)6/h9H,7-8H2,1-6H3. The van der Waals surface area contributed by atoms with Gasteiger partial charge >= 0.3 is 0 Å². The van der Waals surface area contributed by atoms with Crippen LogP contribution in [0.5, 0.6) is 0 Å². The first-order chi connectivity index (χ1) is 7.69. The van der Waals surface area contributed by atoms with Crippen molar-refractivity contribution in [3.05, 3.63) is 17.6 Å². The van der Waals surface area contributed by atoms with Gasteiger partial charge in [0.15, 0.2) is 0 Å².